The summed E-state index contributed by atoms with van der Waals surface area (Å²) in [6.07, 6.45) is 4.90. The zero-order valence-electron chi connectivity index (χ0n) is 12.0. The van der Waals surface area contributed by atoms with Crippen LogP contribution in [0.2, 0.25) is 15.3 Å². The number of nitrogens with zero attached hydrogens (tertiary/aromatic N) is 5. The summed E-state index contributed by atoms with van der Waals surface area (Å²) in [7, 11) is 0. The van der Waals surface area contributed by atoms with Gasteiger partial charge >= 0.3 is 0 Å². The SMILES string of the molecule is Clc1ccc(-c2c(-c3ccncc3)nc(Cl)n3cnnc23)cc1Cl. The van der Waals surface area contributed by atoms with Crippen LogP contribution in [0.1, 0.15) is 0 Å². The Bertz CT molecular complexity index is 1050. The van der Waals surface area contributed by atoms with Gasteiger partial charge < -0.3 is 0 Å². The summed E-state index contributed by atoms with van der Waals surface area (Å²) in [5.41, 5.74) is 3.69. The second-order valence-electron chi connectivity index (χ2n) is 4.99. The molecule has 0 aliphatic rings. The molecule has 3 heterocycles. The Morgan fingerprint density at radius 2 is 1.67 bits per heavy atom. The summed E-state index contributed by atoms with van der Waals surface area (Å²) in [5, 5.41) is 9.32. The number of aromatic nitrogens is 5. The van der Waals surface area contributed by atoms with E-state index in [9.17, 15) is 0 Å². The van der Waals surface area contributed by atoms with Crippen LogP contribution in [0.25, 0.3) is 28.0 Å². The van der Waals surface area contributed by atoms with Crippen LogP contribution in [-0.4, -0.2) is 24.6 Å². The largest absolute Gasteiger partial charge is 0.265 e. The predicted octanol–water partition coefficient (Wildman–Crippen LogP) is 4.81. The van der Waals surface area contributed by atoms with Gasteiger partial charge in [0, 0.05) is 18.0 Å². The first-order valence-corrected chi connectivity index (χ1v) is 8.03. The minimum absolute atomic E-state index is 0.269. The third kappa shape index (κ3) is 2.51. The van der Waals surface area contributed by atoms with Crippen LogP contribution in [0.3, 0.4) is 0 Å². The molecular formula is C16H8Cl3N5. The number of benzene rings is 1. The van der Waals surface area contributed by atoms with Gasteiger partial charge in [0.05, 0.1) is 21.3 Å². The van der Waals surface area contributed by atoms with Crippen molar-refractivity contribution in [2.75, 3.05) is 0 Å². The van der Waals surface area contributed by atoms with Gasteiger partial charge in [-0.25, -0.2) is 4.98 Å². The molecule has 0 amide bonds. The molecule has 0 saturated heterocycles. The van der Waals surface area contributed by atoms with E-state index in [1.165, 1.54) is 6.33 Å². The lowest BCUT2D eigenvalue weighted by Gasteiger charge is -2.12. The molecule has 0 saturated carbocycles. The van der Waals surface area contributed by atoms with Crippen molar-refractivity contribution in [1.82, 2.24) is 24.6 Å². The van der Waals surface area contributed by atoms with Gasteiger partial charge in [-0.15, -0.1) is 10.2 Å². The van der Waals surface area contributed by atoms with Gasteiger partial charge in [0.1, 0.15) is 6.33 Å². The van der Waals surface area contributed by atoms with Crippen molar-refractivity contribution in [3.8, 4) is 22.4 Å². The van der Waals surface area contributed by atoms with E-state index in [1.807, 2.05) is 18.2 Å². The van der Waals surface area contributed by atoms with Crippen molar-refractivity contribution in [3.05, 3.63) is 64.4 Å². The fourth-order valence-corrected chi connectivity index (χ4v) is 2.99. The lowest BCUT2D eigenvalue weighted by Crippen LogP contribution is -1.98. The summed E-state index contributed by atoms with van der Waals surface area (Å²) in [6, 6.07) is 9.07. The smallest absolute Gasteiger partial charge is 0.210 e. The first-order valence-electron chi connectivity index (χ1n) is 6.90. The van der Waals surface area contributed by atoms with Crippen LogP contribution < -0.4 is 0 Å². The van der Waals surface area contributed by atoms with Gasteiger partial charge in [-0.2, -0.15) is 0 Å². The van der Waals surface area contributed by atoms with E-state index in [0.29, 0.717) is 21.4 Å². The molecule has 5 nitrogen and oxygen atoms in total. The maximum Gasteiger partial charge on any atom is 0.210 e. The molecule has 4 aromatic rings. The van der Waals surface area contributed by atoms with Gasteiger partial charge in [0.25, 0.3) is 0 Å². The highest BCUT2D eigenvalue weighted by atomic mass is 35.5. The van der Waals surface area contributed by atoms with Crippen LogP contribution in [0.5, 0.6) is 0 Å². The van der Waals surface area contributed by atoms with Crippen molar-refractivity contribution in [2.24, 2.45) is 0 Å². The number of hydrogen-bond donors (Lipinski definition) is 0. The third-order valence-electron chi connectivity index (χ3n) is 3.57. The van der Waals surface area contributed by atoms with E-state index >= 15 is 0 Å². The summed E-state index contributed by atoms with van der Waals surface area (Å²) in [6.45, 7) is 0. The van der Waals surface area contributed by atoms with E-state index in [-0.39, 0.29) is 5.28 Å². The van der Waals surface area contributed by atoms with Gasteiger partial charge in [-0.3, -0.25) is 9.38 Å². The highest BCUT2D eigenvalue weighted by Crippen LogP contribution is 2.37. The standard InChI is InChI=1S/C16H8Cl3N5/c17-11-2-1-10(7-12(11)18)13-14(9-3-5-20-6-4-9)22-16(19)24-8-21-23-15(13)24/h1-8H. The van der Waals surface area contributed by atoms with Crippen molar-refractivity contribution in [1.29, 1.82) is 0 Å². The molecule has 0 aliphatic heterocycles. The summed E-state index contributed by atoms with van der Waals surface area (Å²) in [5.74, 6) is 0. The number of fused-ring (bicyclic) bond motifs is 1. The summed E-state index contributed by atoms with van der Waals surface area (Å²) >= 11 is 18.5. The molecule has 1 aromatic carbocycles. The monoisotopic (exact) mass is 375 g/mol. The quantitative estimate of drug-likeness (QED) is 0.471. The van der Waals surface area contributed by atoms with E-state index < -0.39 is 0 Å². The summed E-state index contributed by atoms with van der Waals surface area (Å²) in [4.78, 5) is 8.56. The second kappa shape index (κ2) is 6.02. The Balaban J connectivity index is 2.10. The van der Waals surface area contributed by atoms with E-state index in [2.05, 4.69) is 20.2 Å². The molecule has 4 rings (SSSR count). The fraction of sp³-hybridized carbons (Fsp3) is 0. The zero-order valence-corrected chi connectivity index (χ0v) is 14.3. The molecule has 0 aliphatic carbocycles. The van der Waals surface area contributed by atoms with E-state index in [4.69, 9.17) is 34.8 Å². The van der Waals surface area contributed by atoms with Gasteiger partial charge in [0.2, 0.25) is 5.28 Å². The van der Waals surface area contributed by atoms with Crippen molar-refractivity contribution >= 4 is 40.4 Å². The van der Waals surface area contributed by atoms with E-state index in [0.717, 1.165) is 16.7 Å². The van der Waals surface area contributed by atoms with Crippen LogP contribution in [-0.2, 0) is 0 Å². The first kappa shape index (κ1) is 15.3. The van der Waals surface area contributed by atoms with Crippen molar-refractivity contribution in [2.45, 2.75) is 0 Å². The Hall–Kier alpha value is -2.21. The molecule has 24 heavy (non-hydrogen) atoms. The molecule has 3 aromatic heterocycles. The Morgan fingerprint density at radius 3 is 2.42 bits per heavy atom. The molecule has 0 N–H and O–H groups in total. The molecule has 0 radical (unpaired) electrons. The topological polar surface area (TPSA) is 56.0 Å². The van der Waals surface area contributed by atoms with Crippen molar-refractivity contribution in [3.63, 3.8) is 0 Å². The third-order valence-corrected chi connectivity index (χ3v) is 4.58. The van der Waals surface area contributed by atoms with E-state index in [1.54, 1.807) is 28.9 Å². The van der Waals surface area contributed by atoms with Gasteiger partial charge in [-0.1, -0.05) is 29.3 Å². The molecule has 0 atom stereocenters. The molecule has 0 spiro atoms. The van der Waals surface area contributed by atoms with Gasteiger partial charge in [0.15, 0.2) is 5.65 Å². The minimum atomic E-state index is 0.269. The van der Waals surface area contributed by atoms with Gasteiger partial charge in [-0.05, 0) is 41.4 Å². The Kier molecular flexibility index (Phi) is 3.84. The van der Waals surface area contributed by atoms with Crippen LogP contribution in [0.4, 0.5) is 0 Å². The van der Waals surface area contributed by atoms with Crippen molar-refractivity contribution < 1.29 is 0 Å². The molecule has 0 bridgehead atoms. The summed E-state index contributed by atoms with van der Waals surface area (Å²) < 4.78 is 1.62. The number of pyridine rings is 1. The Labute approximate surface area is 151 Å². The normalized spacial score (nSPS) is 11.1. The average Bonchev–Trinajstić information content (AvgIpc) is 3.08. The Morgan fingerprint density at radius 1 is 0.875 bits per heavy atom. The highest BCUT2D eigenvalue weighted by Gasteiger charge is 2.18. The maximum absolute atomic E-state index is 6.28. The van der Waals surface area contributed by atoms with Crippen LogP contribution in [0, 0.1) is 0 Å². The zero-order chi connectivity index (χ0) is 16.7. The molecular weight excluding hydrogens is 369 g/mol. The molecule has 0 fully saturated rings. The highest BCUT2D eigenvalue weighted by molar-refractivity contribution is 6.42. The first-order chi connectivity index (χ1) is 11.6. The average molecular weight is 377 g/mol. The minimum Gasteiger partial charge on any atom is -0.265 e. The molecule has 8 heteroatoms. The lowest BCUT2D eigenvalue weighted by atomic mass is 10.0. The number of rotatable bonds is 2. The second-order valence-corrected chi connectivity index (χ2v) is 6.15. The fourth-order valence-electron chi connectivity index (χ4n) is 2.48. The maximum atomic E-state index is 6.28. The van der Waals surface area contributed by atoms with Crippen LogP contribution in [0.15, 0.2) is 49.1 Å². The van der Waals surface area contributed by atoms with Crippen LogP contribution >= 0.6 is 34.8 Å². The lowest BCUT2D eigenvalue weighted by molar-refractivity contribution is 1.07. The molecule has 0 unspecified atom stereocenters. The predicted molar refractivity (Wildman–Crippen MR) is 94.5 cm³/mol. The number of halogens is 3. The molecule has 118 valence electrons. The number of hydrogen-bond acceptors (Lipinski definition) is 4.